The lowest BCUT2D eigenvalue weighted by Crippen LogP contribution is -2.21. The van der Waals surface area contributed by atoms with Crippen molar-refractivity contribution in [2.24, 2.45) is 5.92 Å². The first-order chi connectivity index (χ1) is 10.7. The minimum Gasteiger partial charge on any atom is -0.494 e. The Balaban J connectivity index is 1.59. The third kappa shape index (κ3) is 6.22. The van der Waals surface area contributed by atoms with E-state index in [2.05, 4.69) is 36.6 Å². The fourth-order valence-electron chi connectivity index (χ4n) is 2.00. The molecule has 0 aliphatic heterocycles. The fourth-order valence-corrected chi connectivity index (χ4v) is 2.00. The van der Waals surface area contributed by atoms with E-state index in [4.69, 9.17) is 9.15 Å². The Kier molecular flexibility index (Phi) is 6.84. The minimum absolute atomic E-state index is 0.676. The maximum absolute atomic E-state index is 5.71. The summed E-state index contributed by atoms with van der Waals surface area (Å²) in [5.41, 5.74) is 1.11. The molecule has 1 aromatic heterocycles. The maximum Gasteiger partial charge on any atom is 0.119 e. The van der Waals surface area contributed by atoms with E-state index in [-0.39, 0.29) is 0 Å². The molecular formula is C18H26N2O2. The van der Waals surface area contributed by atoms with Crippen LogP contribution in [0.25, 0.3) is 0 Å². The van der Waals surface area contributed by atoms with E-state index in [0.29, 0.717) is 5.92 Å². The Labute approximate surface area is 132 Å². The number of furan rings is 1. The topological polar surface area (TPSA) is 46.4 Å². The molecule has 4 nitrogen and oxygen atoms in total. The van der Waals surface area contributed by atoms with Gasteiger partial charge < -0.3 is 19.8 Å². The van der Waals surface area contributed by atoms with Gasteiger partial charge in [0.1, 0.15) is 11.5 Å². The number of hydrogen-bond acceptors (Lipinski definition) is 4. The normalized spacial score (nSPS) is 10.9. The summed E-state index contributed by atoms with van der Waals surface area (Å²) in [4.78, 5) is 0. The predicted molar refractivity (Wildman–Crippen MR) is 90.3 cm³/mol. The van der Waals surface area contributed by atoms with Crippen molar-refractivity contribution in [1.82, 2.24) is 5.32 Å². The van der Waals surface area contributed by atoms with Crippen molar-refractivity contribution in [1.29, 1.82) is 0 Å². The van der Waals surface area contributed by atoms with Crippen LogP contribution in [-0.4, -0.2) is 19.7 Å². The van der Waals surface area contributed by atoms with Gasteiger partial charge in [-0.3, -0.25) is 0 Å². The monoisotopic (exact) mass is 302 g/mol. The van der Waals surface area contributed by atoms with Crippen molar-refractivity contribution in [3.63, 3.8) is 0 Å². The molecule has 1 heterocycles. The van der Waals surface area contributed by atoms with E-state index in [1.807, 2.05) is 24.3 Å². The van der Waals surface area contributed by atoms with Gasteiger partial charge in [0, 0.05) is 18.8 Å². The van der Waals surface area contributed by atoms with Crippen molar-refractivity contribution in [3.8, 4) is 5.75 Å². The summed E-state index contributed by atoms with van der Waals surface area (Å²) in [6, 6.07) is 12.0. The molecule has 2 rings (SSSR count). The molecule has 1 aromatic carbocycles. The zero-order chi connectivity index (χ0) is 15.6. The summed E-state index contributed by atoms with van der Waals surface area (Å²) in [5.74, 6) is 2.57. The third-order valence-electron chi connectivity index (χ3n) is 3.33. The molecular weight excluding hydrogens is 276 g/mol. The molecule has 0 saturated heterocycles. The van der Waals surface area contributed by atoms with Gasteiger partial charge in [-0.05, 0) is 48.7 Å². The summed E-state index contributed by atoms with van der Waals surface area (Å²) in [6.45, 7) is 7.70. The van der Waals surface area contributed by atoms with Crippen molar-refractivity contribution >= 4 is 5.69 Å². The van der Waals surface area contributed by atoms with Crippen LogP contribution in [0.3, 0.4) is 0 Å². The Hall–Kier alpha value is -1.94. The van der Waals surface area contributed by atoms with E-state index >= 15 is 0 Å². The van der Waals surface area contributed by atoms with Crippen LogP contribution in [0.2, 0.25) is 0 Å². The Morgan fingerprint density at radius 3 is 2.59 bits per heavy atom. The fraction of sp³-hybridized carbons (Fsp3) is 0.444. The molecule has 0 fully saturated rings. The van der Waals surface area contributed by atoms with Crippen LogP contribution in [0, 0.1) is 5.92 Å². The van der Waals surface area contributed by atoms with Gasteiger partial charge in [0.15, 0.2) is 0 Å². The highest BCUT2D eigenvalue weighted by molar-refractivity contribution is 5.46. The lowest BCUT2D eigenvalue weighted by Gasteiger charge is -2.10. The van der Waals surface area contributed by atoms with Crippen LogP contribution in [0.15, 0.2) is 47.1 Å². The largest absolute Gasteiger partial charge is 0.494 e. The van der Waals surface area contributed by atoms with Gasteiger partial charge in [-0.2, -0.15) is 0 Å². The second-order valence-electron chi connectivity index (χ2n) is 5.74. The second kappa shape index (κ2) is 9.15. The van der Waals surface area contributed by atoms with Gasteiger partial charge in [-0.25, -0.2) is 0 Å². The molecule has 2 N–H and O–H groups in total. The first kappa shape index (κ1) is 16.4. The molecule has 0 unspecified atom stereocenters. The molecule has 22 heavy (non-hydrogen) atoms. The highest BCUT2D eigenvalue weighted by Gasteiger charge is 1.98. The number of benzene rings is 1. The summed E-state index contributed by atoms with van der Waals surface area (Å²) in [7, 11) is 0. The first-order valence-corrected chi connectivity index (χ1v) is 7.94. The summed E-state index contributed by atoms with van der Waals surface area (Å²) in [5, 5.41) is 6.70. The van der Waals surface area contributed by atoms with Gasteiger partial charge >= 0.3 is 0 Å². The molecule has 4 heteroatoms. The standard InChI is InChI=1S/C18H26N2O2/c1-15(2)9-13-22-17-7-5-16(6-8-17)20-11-10-19-14-18-4-3-12-21-18/h3-8,12,15,19-20H,9-11,13-14H2,1-2H3. The van der Waals surface area contributed by atoms with Crippen LogP contribution < -0.4 is 15.4 Å². The molecule has 2 aromatic rings. The summed E-state index contributed by atoms with van der Waals surface area (Å²) >= 11 is 0. The maximum atomic E-state index is 5.71. The summed E-state index contributed by atoms with van der Waals surface area (Å²) in [6.07, 6.45) is 2.78. The second-order valence-corrected chi connectivity index (χ2v) is 5.74. The van der Waals surface area contributed by atoms with Gasteiger partial charge in [-0.15, -0.1) is 0 Å². The zero-order valence-corrected chi connectivity index (χ0v) is 13.5. The Bertz CT molecular complexity index is 506. The Morgan fingerprint density at radius 1 is 1.09 bits per heavy atom. The van der Waals surface area contributed by atoms with Gasteiger partial charge in [0.2, 0.25) is 0 Å². The van der Waals surface area contributed by atoms with Gasteiger partial charge in [-0.1, -0.05) is 13.8 Å². The number of anilines is 1. The van der Waals surface area contributed by atoms with E-state index in [1.165, 1.54) is 0 Å². The van der Waals surface area contributed by atoms with Crippen molar-refractivity contribution in [3.05, 3.63) is 48.4 Å². The minimum atomic E-state index is 0.676. The molecule has 0 saturated carbocycles. The zero-order valence-electron chi connectivity index (χ0n) is 13.5. The Morgan fingerprint density at radius 2 is 1.91 bits per heavy atom. The third-order valence-corrected chi connectivity index (χ3v) is 3.33. The summed E-state index contributed by atoms with van der Waals surface area (Å²) < 4.78 is 11.0. The van der Waals surface area contributed by atoms with Crippen molar-refractivity contribution in [2.45, 2.75) is 26.8 Å². The lowest BCUT2D eigenvalue weighted by atomic mass is 10.1. The molecule has 0 aliphatic carbocycles. The lowest BCUT2D eigenvalue weighted by molar-refractivity contribution is 0.289. The predicted octanol–water partition coefficient (Wildman–Crippen LogP) is 3.91. The van der Waals surface area contributed by atoms with Crippen molar-refractivity contribution < 1.29 is 9.15 Å². The molecule has 0 aliphatic rings. The SMILES string of the molecule is CC(C)CCOc1ccc(NCCNCc2ccco2)cc1. The molecule has 0 atom stereocenters. The number of nitrogens with one attached hydrogen (secondary N) is 2. The highest BCUT2D eigenvalue weighted by atomic mass is 16.5. The van der Waals surface area contributed by atoms with E-state index < -0.39 is 0 Å². The molecule has 0 bridgehead atoms. The quantitative estimate of drug-likeness (QED) is 0.653. The number of hydrogen-bond donors (Lipinski definition) is 2. The van der Waals surface area contributed by atoms with Gasteiger partial charge in [0.25, 0.3) is 0 Å². The number of rotatable bonds is 10. The van der Waals surface area contributed by atoms with Crippen LogP contribution in [0.5, 0.6) is 5.75 Å². The van der Waals surface area contributed by atoms with E-state index in [9.17, 15) is 0 Å². The number of ether oxygens (including phenoxy) is 1. The molecule has 120 valence electrons. The highest BCUT2D eigenvalue weighted by Crippen LogP contribution is 2.16. The average molecular weight is 302 g/mol. The average Bonchev–Trinajstić information content (AvgIpc) is 3.01. The first-order valence-electron chi connectivity index (χ1n) is 7.94. The molecule has 0 spiro atoms. The smallest absolute Gasteiger partial charge is 0.119 e. The van der Waals surface area contributed by atoms with Crippen LogP contribution >= 0.6 is 0 Å². The van der Waals surface area contributed by atoms with Gasteiger partial charge in [0.05, 0.1) is 19.4 Å². The van der Waals surface area contributed by atoms with Crippen LogP contribution in [0.1, 0.15) is 26.0 Å². The van der Waals surface area contributed by atoms with Crippen molar-refractivity contribution in [2.75, 3.05) is 25.0 Å². The van der Waals surface area contributed by atoms with E-state index in [1.54, 1.807) is 6.26 Å². The molecule has 0 radical (unpaired) electrons. The van der Waals surface area contributed by atoms with Crippen LogP contribution in [0.4, 0.5) is 5.69 Å². The van der Waals surface area contributed by atoms with Crippen LogP contribution in [-0.2, 0) is 6.54 Å². The van der Waals surface area contributed by atoms with E-state index in [0.717, 1.165) is 49.9 Å². The molecule has 0 amide bonds.